The van der Waals surface area contributed by atoms with Gasteiger partial charge >= 0.3 is 6.09 Å². The van der Waals surface area contributed by atoms with Gasteiger partial charge in [0.15, 0.2) is 0 Å². The number of nitrogens with two attached hydrogens (primary N) is 1. The Hall–Kier alpha value is -1.55. The molecular formula is C21H36N2O2. The second-order valence-corrected chi connectivity index (χ2v) is 7.61. The molecule has 0 aliphatic rings. The van der Waals surface area contributed by atoms with Crippen LogP contribution in [0.2, 0.25) is 0 Å². The molecule has 0 aromatic heterocycles. The Balaban J connectivity index is 2.43. The van der Waals surface area contributed by atoms with E-state index in [0.717, 1.165) is 38.8 Å². The number of unbranched alkanes of at least 4 members (excludes halogenated alkanes) is 5. The Bertz CT molecular complexity index is 469. The van der Waals surface area contributed by atoms with Gasteiger partial charge in [0.1, 0.15) is 5.60 Å². The van der Waals surface area contributed by atoms with Gasteiger partial charge in [-0.05, 0) is 52.1 Å². The van der Waals surface area contributed by atoms with Crippen LogP contribution in [0.3, 0.4) is 0 Å². The second kappa shape index (κ2) is 11.9. The van der Waals surface area contributed by atoms with E-state index in [1.807, 2.05) is 43.9 Å². The molecule has 1 rings (SSSR count). The van der Waals surface area contributed by atoms with E-state index >= 15 is 0 Å². The fourth-order valence-electron chi connectivity index (χ4n) is 2.68. The maximum Gasteiger partial charge on any atom is 0.410 e. The Kier molecular flexibility index (Phi) is 10.2. The van der Waals surface area contributed by atoms with Crippen LogP contribution < -0.4 is 5.73 Å². The molecule has 0 spiro atoms. The highest BCUT2D eigenvalue weighted by Gasteiger charge is 2.21. The summed E-state index contributed by atoms with van der Waals surface area (Å²) in [5.41, 5.74) is 6.31. The number of amides is 1. The summed E-state index contributed by atoms with van der Waals surface area (Å²) in [4.78, 5) is 14.3. The number of rotatable bonds is 11. The van der Waals surface area contributed by atoms with Gasteiger partial charge in [0.25, 0.3) is 0 Å². The van der Waals surface area contributed by atoms with Crippen LogP contribution in [-0.4, -0.2) is 36.2 Å². The van der Waals surface area contributed by atoms with Crippen molar-refractivity contribution in [1.82, 2.24) is 4.90 Å². The molecule has 2 N–H and O–H groups in total. The average Bonchev–Trinajstić information content (AvgIpc) is 2.56. The lowest BCUT2D eigenvalue weighted by atomic mass is 10.1. The van der Waals surface area contributed by atoms with E-state index in [-0.39, 0.29) is 6.09 Å². The Morgan fingerprint density at radius 1 is 0.960 bits per heavy atom. The monoisotopic (exact) mass is 348 g/mol. The number of carbonyl (C=O) groups excluding carboxylic acids is 1. The maximum absolute atomic E-state index is 12.5. The standard InChI is InChI=1S/C21H36N2O2/c1-21(2,3)25-20(24)23(17-12-7-5-4-6-11-16-22)18-15-19-13-9-8-10-14-19/h8-10,13-14H,4-7,11-12,15-18,22H2,1-3H3. The van der Waals surface area contributed by atoms with Gasteiger partial charge in [-0.25, -0.2) is 4.79 Å². The van der Waals surface area contributed by atoms with E-state index < -0.39 is 5.60 Å². The van der Waals surface area contributed by atoms with Gasteiger partial charge < -0.3 is 15.4 Å². The third-order valence-electron chi connectivity index (χ3n) is 4.05. The number of ether oxygens (including phenoxy) is 1. The van der Waals surface area contributed by atoms with Crippen LogP contribution in [0.1, 0.15) is 64.9 Å². The minimum absolute atomic E-state index is 0.202. The lowest BCUT2D eigenvalue weighted by molar-refractivity contribution is 0.0249. The number of hydrogen-bond acceptors (Lipinski definition) is 3. The number of carbonyl (C=O) groups is 1. The third-order valence-corrected chi connectivity index (χ3v) is 4.05. The lowest BCUT2D eigenvalue weighted by Crippen LogP contribution is -2.38. The summed E-state index contributed by atoms with van der Waals surface area (Å²) in [5, 5.41) is 0. The first-order valence-electron chi connectivity index (χ1n) is 9.64. The predicted octanol–water partition coefficient (Wildman–Crippen LogP) is 4.77. The summed E-state index contributed by atoms with van der Waals surface area (Å²) in [6, 6.07) is 10.3. The van der Waals surface area contributed by atoms with Crippen LogP contribution in [-0.2, 0) is 11.2 Å². The van der Waals surface area contributed by atoms with Crippen molar-refractivity contribution in [3.63, 3.8) is 0 Å². The number of nitrogens with zero attached hydrogens (tertiary/aromatic N) is 1. The van der Waals surface area contributed by atoms with Crippen LogP contribution in [0.25, 0.3) is 0 Å². The van der Waals surface area contributed by atoms with Crippen LogP contribution in [0, 0.1) is 0 Å². The van der Waals surface area contributed by atoms with Gasteiger partial charge in [-0.3, -0.25) is 0 Å². The summed E-state index contributed by atoms with van der Waals surface area (Å²) < 4.78 is 5.57. The third kappa shape index (κ3) is 10.8. The molecule has 4 heteroatoms. The smallest absolute Gasteiger partial charge is 0.410 e. The molecule has 25 heavy (non-hydrogen) atoms. The van der Waals surface area contributed by atoms with Crippen molar-refractivity contribution in [3.8, 4) is 0 Å². The molecular weight excluding hydrogens is 312 g/mol. The van der Waals surface area contributed by atoms with E-state index in [2.05, 4.69) is 12.1 Å². The lowest BCUT2D eigenvalue weighted by Gasteiger charge is -2.27. The molecule has 1 amide bonds. The first-order chi connectivity index (χ1) is 11.9. The van der Waals surface area contributed by atoms with E-state index in [1.54, 1.807) is 0 Å². The zero-order valence-corrected chi connectivity index (χ0v) is 16.3. The molecule has 0 atom stereocenters. The molecule has 0 fully saturated rings. The van der Waals surface area contributed by atoms with Crippen molar-refractivity contribution >= 4 is 6.09 Å². The second-order valence-electron chi connectivity index (χ2n) is 7.61. The van der Waals surface area contributed by atoms with Crippen LogP contribution in [0.15, 0.2) is 30.3 Å². The molecule has 0 saturated carbocycles. The van der Waals surface area contributed by atoms with E-state index in [9.17, 15) is 4.79 Å². The first-order valence-corrected chi connectivity index (χ1v) is 9.64. The van der Waals surface area contributed by atoms with Gasteiger partial charge in [0.05, 0.1) is 0 Å². The molecule has 1 aromatic rings. The minimum Gasteiger partial charge on any atom is -0.444 e. The summed E-state index contributed by atoms with van der Waals surface area (Å²) in [5.74, 6) is 0. The molecule has 0 radical (unpaired) electrons. The van der Waals surface area contributed by atoms with Gasteiger partial charge in [0, 0.05) is 13.1 Å². The van der Waals surface area contributed by atoms with Crippen molar-refractivity contribution in [1.29, 1.82) is 0 Å². The quantitative estimate of drug-likeness (QED) is 0.586. The van der Waals surface area contributed by atoms with Crippen molar-refractivity contribution in [2.24, 2.45) is 5.73 Å². The molecule has 0 unspecified atom stereocenters. The van der Waals surface area contributed by atoms with Gasteiger partial charge in [-0.1, -0.05) is 56.0 Å². The highest BCUT2D eigenvalue weighted by Crippen LogP contribution is 2.13. The Morgan fingerprint density at radius 3 is 2.16 bits per heavy atom. The normalized spacial score (nSPS) is 11.4. The fraction of sp³-hybridized carbons (Fsp3) is 0.667. The molecule has 0 saturated heterocycles. The minimum atomic E-state index is -0.454. The summed E-state index contributed by atoms with van der Waals surface area (Å²) >= 11 is 0. The van der Waals surface area contributed by atoms with E-state index in [0.29, 0.717) is 6.54 Å². The van der Waals surface area contributed by atoms with Gasteiger partial charge in [-0.15, -0.1) is 0 Å². The highest BCUT2D eigenvalue weighted by molar-refractivity contribution is 5.68. The maximum atomic E-state index is 12.5. The Labute approximate surface area is 153 Å². The van der Waals surface area contributed by atoms with Crippen LogP contribution in [0.5, 0.6) is 0 Å². The first kappa shape index (κ1) is 21.5. The molecule has 0 bridgehead atoms. The number of hydrogen-bond donors (Lipinski definition) is 1. The molecule has 4 nitrogen and oxygen atoms in total. The van der Waals surface area contributed by atoms with Crippen molar-refractivity contribution in [3.05, 3.63) is 35.9 Å². The van der Waals surface area contributed by atoms with Crippen LogP contribution >= 0.6 is 0 Å². The summed E-state index contributed by atoms with van der Waals surface area (Å²) in [7, 11) is 0. The average molecular weight is 349 g/mol. The van der Waals surface area contributed by atoms with Gasteiger partial charge in [-0.2, -0.15) is 0 Å². The topological polar surface area (TPSA) is 55.6 Å². The summed E-state index contributed by atoms with van der Waals surface area (Å²) in [6.07, 6.45) is 7.59. The number of benzene rings is 1. The zero-order valence-electron chi connectivity index (χ0n) is 16.3. The molecule has 1 aromatic carbocycles. The molecule has 0 heterocycles. The predicted molar refractivity (Wildman–Crippen MR) is 105 cm³/mol. The zero-order chi connectivity index (χ0) is 18.5. The van der Waals surface area contributed by atoms with Crippen molar-refractivity contribution < 1.29 is 9.53 Å². The van der Waals surface area contributed by atoms with E-state index in [4.69, 9.17) is 10.5 Å². The highest BCUT2D eigenvalue weighted by atomic mass is 16.6. The van der Waals surface area contributed by atoms with Crippen molar-refractivity contribution in [2.75, 3.05) is 19.6 Å². The molecule has 0 aliphatic carbocycles. The van der Waals surface area contributed by atoms with Gasteiger partial charge in [0.2, 0.25) is 0 Å². The Morgan fingerprint density at radius 2 is 1.56 bits per heavy atom. The van der Waals surface area contributed by atoms with Crippen molar-refractivity contribution in [2.45, 2.75) is 71.3 Å². The molecule has 142 valence electrons. The SMILES string of the molecule is CC(C)(C)OC(=O)N(CCCCCCCCN)CCc1ccccc1. The van der Waals surface area contributed by atoms with Crippen LogP contribution in [0.4, 0.5) is 4.79 Å². The largest absolute Gasteiger partial charge is 0.444 e. The van der Waals surface area contributed by atoms with E-state index in [1.165, 1.54) is 24.8 Å². The summed E-state index contributed by atoms with van der Waals surface area (Å²) in [6.45, 7) is 7.99. The fourth-order valence-corrected chi connectivity index (χ4v) is 2.68. The molecule has 0 aliphatic heterocycles.